The summed E-state index contributed by atoms with van der Waals surface area (Å²) in [4.78, 5) is 54.1. The van der Waals surface area contributed by atoms with Crippen LogP contribution in [0.25, 0.3) is 0 Å². The van der Waals surface area contributed by atoms with Gasteiger partial charge in [0.1, 0.15) is 5.54 Å². The largest absolute Gasteiger partial charge is 0.493 e. The fourth-order valence-corrected chi connectivity index (χ4v) is 6.10. The second-order valence-corrected chi connectivity index (χ2v) is 9.96. The molecule has 5 rings (SSSR count). The highest BCUT2D eigenvalue weighted by molar-refractivity contribution is 6.32. The van der Waals surface area contributed by atoms with Crippen LogP contribution in [0.3, 0.4) is 0 Å². The van der Waals surface area contributed by atoms with Gasteiger partial charge in [0.2, 0.25) is 23.6 Å². The second kappa shape index (κ2) is 9.04. The van der Waals surface area contributed by atoms with Crippen LogP contribution in [0.4, 0.5) is 5.69 Å². The molecule has 1 spiro atoms. The zero-order valence-electron chi connectivity index (χ0n) is 20.6. The maximum absolute atomic E-state index is 13.8. The van der Waals surface area contributed by atoms with Crippen LogP contribution in [0.5, 0.6) is 11.5 Å². The Morgan fingerprint density at radius 2 is 1.84 bits per heavy atom. The maximum Gasteiger partial charge on any atom is 0.250 e. The van der Waals surface area contributed by atoms with E-state index in [2.05, 4.69) is 10.6 Å². The van der Waals surface area contributed by atoms with Gasteiger partial charge in [0.25, 0.3) is 0 Å². The van der Waals surface area contributed by atoms with Crippen molar-refractivity contribution in [1.29, 1.82) is 0 Å². The van der Waals surface area contributed by atoms with E-state index in [0.717, 1.165) is 5.56 Å². The molecule has 3 aliphatic rings. The van der Waals surface area contributed by atoms with Gasteiger partial charge in [-0.15, -0.1) is 0 Å². The smallest absolute Gasteiger partial charge is 0.250 e. The molecule has 2 saturated heterocycles. The summed E-state index contributed by atoms with van der Waals surface area (Å²) in [5.41, 5.74) is 6.51. The Balaban J connectivity index is 1.51. The first-order chi connectivity index (χ1) is 17.6. The highest BCUT2D eigenvalue weighted by atomic mass is 35.5. The molecule has 4 N–H and O–H groups in total. The molecule has 194 valence electrons. The van der Waals surface area contributed by atoms with Gasteiger partial charge in [0.05, 0.1) is 31.7 Å². The Morgan fingerprint density at radius 3 is 2.51 bits per heavy atom. The number of likely N-dealkylation sites (tertiary alicyclic amines) is 1. The predicted molar refractivity (Wildman–Crippen MR) is 134 cm³/mol. The van der Waals surface area contributed by atoms with Crippen LogP contribution in [0.15, 0.2) is 30.3 Å². The summed E-state index contributed by atoms with van der Waals surface area (Å²) in [7, 11) is 3.07. The molecule has 0 radical (unpaired) electrons. The number of ether oxygens (including phenoxy) is 2. The summed E-state index contributed by atoms with van der Waals surface area (Å²) >= 11 is 6.28. The van der Waals surface area contributed by atoms with E-state index in [4.69, 9.17) is 26.8 Å². The number of carbonyl (C=O) groups excluding carboxylic acids is 4. The normalized spacial score (nSPS) is 25.9. The number of nitrogens with zero attached hydrogens (tertiary/aromatic N) is 1. The number of carbonyl (C=O) groups is 4. The average molecular weight is 527 g/mol. The number of nitrogens with two attached hydrogens (primary N) is 1. The fraction of sp³-hybridized carbons (Fsp3) is 0.385. The molecule has 10 nitrogen and oxygen atoms in total. The van der Waals surface area contributed by atoms with Crippen molar-refractivity contribution in [3.63, 3.8) is 0 Å². The quantitative estimate of drug-likeness (QED) is 0.464. The van der Waals surface area contributed by atoms with Crippen molar-refractivity contribution in [3.05, 3.63) is 52.0 Å². The van der Waals surface area contributed by atoms with Gasteiger partial charge >= 0.3 is 0 Å². The highest BCUT2D eigenvalue weighted by Gasteiger charge is 2.70. The molecule has 0 aromatic heterocycles. The summed E-state index contributed by atoms with van der Waals surface area (Å²) < 4.78 is 10.6. The highest BCUT2D eigenvalue weighted by Crippen LogP contribution is 2.54. The van der Waals surface area contributed by atoms with Crippen LogP contribution in [0.2, 0.25) is 5.02 Å². The molecule has 2 aromatic carbocycles. The zero-order valence-corrected chi connectivity index (χ0v) is 21.3. The van der Waals surface area contributed by atoms with Gasteiger partial charge in [-0.25, -0.2) is 0 Å². The monoisotopic (exact) mass is 526 g/mol. The Kier molecular flexibility index (Phi) is 6.12. The van der Waals surface area contributed by atoms with Crippen molar-refractivity contribution in [2.24, 2.45) is 17.6 Å². The molecule has 2 aromatic rings. The van der Waals surface area contributed by atoms with Crippen molar-refractivity contribution in [1.82, 2.24) is 10.2 Å². The van der Waals surface area contributed by atoms with Gasteiger partial charge in [-0.05, 0) is 42.7 Å². The molecule has 0 saturated carbocycles. The molecule has 0 unspecified atom stereocenters. The molecule has 3 aliphatic heterocycles. The van der Waals surface area contributed by atoms with Crippen molar-refractivity contribution >= 4 is 40.9 Å². The van der Waals surface area contributed by atoms with Crippen LogP contribution in [0.1, 0.15) is 23.1 Å². The second-order valence-electron chi connectivity index (χ2n) is 9.55. The summed E-state index contributed by atoms with van der Waals surface area (Å²) in [6.45, 7) is 1.87. The van der Waals surface area contributed by atoms with E-state index in [1.165, 1.54) is 19.1 Å². The lowest BCUT2D eigenvalue weighted by Crippen LogP contribution is -2.53. The maximum atomic E-state index is 13.8. The van der Waals surface area contributed by atoms with Crippen molar-refractivity contribution in [2.75, 3.05) is 26.1 Å². The number of anilines is 1. The topological polar surface area (TPSA) is 140 Å². The standard InChI is InChI=1S/C26H27ClN4O6/c1-12-15(27)6-5-14-22(12)29-25(35)26(14)21-20(16(30-26)11-19(28)32)23(33)31(24(21)34)9-8-13-4-7-17(36-2)18(10-13)37-3/h4-7,10,16,20-21,30H,8-9,11H2,1-3H3,(H2,28,32)(H,29,35)/t16-,20+,21-,26-/m0/s1. The Hall–Kier alpha value is -3.63. The number of amides is 4. The van der Waals surface area contributed by atoms with Gasteiger partial charge in [-0.3, -0.25) is 29.4 Å². The summed E-state index contributed by atoms with van der Waals surface area (Å²) in [6, 6.07) is 7.94. The summed E-state index contributed by atoms with van der Waals surface area (Å²) in [5, 5.41) is 6.49. The van der Waals surface area contributed by atoms with E-state index >= 15 is 0 Å². The van der Waals surface area contributed by atoms with E-state index in [1.807, 2.05) is 6.07 Å². The van der Waals surface area contributed by atoms with Crippen LogP contribution in [0, 0.1) is 18.8 Å². The lowest BCUT2D eigenvalue weighted by Gasteiger charge is -2.29. The number of hydrogen-bond acceptors (Lipinski definition) is 7. The van der Waals surface area contributed by atoms with Gasteiger partial charge in [-0.2, -0.15) is 0 Å². The number of halogens is 1. The Morgan fingerprint density at radius 1 is 1.11 bits per heavy atom. The molecule has 3 heterocycles. The number of fused-ring (bicyclic) bond motifs is 4. The minimum absolute atomic E-state index is 0.105. The number of benzene rings is 2. The number of rotatable bonds is 7. The third-order valence-electron chi connectivity index (χ3n) is 7.67. The number of hydrogen-bond donors (Lipinski definition) is 3. The lowest BCUT2D eigenvalue weighted by atomic mass is 9.76. The van der Waals surface area contributed by atoms with E-state index in [0.29, 0.717) is 39.8 Å². The van der Waals surface area contributed by atoms with Crippen LogP contribution < -0.4 is 25.8 Å². The molecule has 0 bridgehead atoms. The van der Waals surface area contributed by atoms with Crippen LogP contribution in [-0.2, 0) is 31.1 Å². The third kappa shape index (κ3) is 3.66. The number of nitrogens with one attached hydrogen (secondary N) is 2. The third-order valence-corrected chi connectivity index (χ3v) is 8.08. The van der Waals surface area contributed by atoms with E-state index in [-0.39, 0.29) is 13.0 Å². The summed E-state index contributed by atoms with van der Waals surface area (Å²) in [6.07, 6.45) is 0.177. The first-order valence-corrected chi connectivity index (χ1v) is 12.2. The minimum Gasteiger partial charge on any atom is -0.493 e. The Bertz CT molecular complexity index is 1350. The average Bonchev–Trinajstić information content (AvgIpc) is 3.44. The fourth-order valence-electron chi connectivity index (χ4n) is 5.94. The first-order valence-electron chi connectivity index (χ1n) is 11.9. The molecule has 0 aliphatic carbocycles. The molecular weight excluding hydrogens is 500 g/mol. The molecular formula is C26H27ClN4O6. The van der Waals surface area contributed by atoms with E-state index in [9.17, 15) is 19.2 Å². The molecule has 2 fully saturated rings. The van der Waals surface area contributed by atoms with Gasteiger partial charge in [0, 0.05) is 29.6 Å². The Labute approximate surface area is 218 Å². The van der Waals surface area contributed by atoms with Gasteiger partial charge in [-0.1, -0.05) is 23.7 Å². The molecule has 4 amide bonds. The molecule has 37 heavy (non-hydrogen) atoms. The number of imide groups is 1. The first kappa shape index (κ1) is 25.0. The SMILES string of the molecule is COc1ccc(CCN2C(=O)[C@@H]3[C@H](CC(N)=O)N[C@]4(C(=O)Nc5c4ccc(Cl)c5C)[C@@H]3C2=O)cc1OC. The zero-order chi connectivity index (χ0) is 26.6. The van der Waals surface area contributed by atoms with E-state index < -0.39 is 47.0 Å². The van der Waals surface area contributed by atoms with E-state index in [1.54, 1.807) is 31.2 Å². The van der Waals surface area contributed by atoms with Crippen LogP contribution >= 0.6 is 11.6 Å². The lowest BCUT2D eigenvalue weighted by molar-refractivity contribution is -0.142. The minimum atomic E-state index is -1.51. The van der Waals surface area contributed by atoms with Crippen molar-refractivity contribution < 1.29 is 28.7 Å². The molecule has 11 heteroatoms. The summed E-state index contributed by atoms with van der Waals surface area (Å²) in [5.74, 6) is -2.84. The van der Waals surface area contributed by atoms with Crippen molar-refractivity contribution in [3.8, 4) is 11.5 Å². The number of primary amides is 1. The van der Waals surface area contributed by atoms with Crippen molar-refractivity contribution in [2.45, 2.75) is 31.3 Å². The van der Waals surface area contributed by atoms with Crippen LogP contribution in [-0.4, -0.2) is 55.3 Å². The van der Waals surface area contributed by atoms with Gasteiger partial charge in [0.15, 0.2) is 11.5 Å². The number of methoxy groups -OCH3 is 2. The predicted octanol–water partition coefficient (Wildman–Crippen LogP) is 1.50. The molecule has 4 atom stereocenters. The van der Waals surface area contributed by atoms with Gasteiger partial charge < -0.3 is 20.5 Å².